The minimum Gasteiger partial charge on any atom is -0.493 e. The zero-order valence-electron chi connectivity index (χ0n) is 19.1. The molecule has 0 radical (unpaired) electrons. The highest BCUT2D eigenvalue weighted by Gasteiger charge is 2.34. The molecule has 10 heteroatoms. The first-order valence-corrected chi connectivity index (χ1v) is 12.3. The number of anilines is 1. The number of amides is 3. The number of halogens is 1. The topological polar surface area (TPSA) is 94.2 Å². The molecule has 3 rings (SSSR count). The summed E-state index contributed by atoms with van der Waals surface area (Å²) in [6.45, 7) is 2.56. The van der Waals surface area contributed by atoms with Crippen LogP contribution in [-0.4, -0.2) is 55.9 Å². The highest BCUT2D eigenvalue weighted by molar-refractivity contribution is 14.1. The van der Waals surface area contributed by atoms with Gasteiger partial charge in [0.15, 0.2) is 18.1 Å². The van der Waals surface area contributed by atoms with E-state index in [-0.39, 0.29) is 23.7 Å². The minimum absolute atomic E-state index is 0.194. The van der Waals surface area contributed by atoms with Crippen LogP contribution in [0.25, 0.3) is 6.08 Å². The first kappa shape index (κ1) is 26.0. The fraction of sp³-hybridized carbons (Fsp3) is 0.292. The predicted molar refractivity (Wildman–Crippen MR) is 140 cm³/mol. The van der Waals surface area contributed by atoms with E-state index in [1.165, 1.54) is 12.0 Å². The van der Waals surface area contributed by atoms with Crippen molar-refractivity contribution < 1.29 is 28.6 Å². The smallest absolute Gasteiger partial charge is 0.293 e. The molecular formula is C24H25IN2O6S. The number of carbonyl (C=O) groups is 3. The molecule has 1 saturated heterocycles. The number of benzene rings is 2. The van der Waals surface area contributed by atoms with Crippen LogP contribution in [-0.2, 0) is 14.3 Å². The molecule has 3 amide bonds. The van der Waals surface area contributed by atoms with Crippen molar-refractivity contribution in [2.24, 2.45) is 0 Å². The Labute approximate surface area is 216 Å². The number of thioether (sulfide) groups is 1. The van der Waals surface area contributed by atoms with Crippen molar-refractivity contribution in [1.82, 2.24) is 4.90 Å². The number of carbonyl (C=O) groups excluding carboxylic acids is 3. The second-order valence-corrected chi connectivity index (χ2v) is 9.57. The van der Waals surface area contributed by atoms with Gasteiger partial charge in [-0.2, -0.15) is 0 Å². The van der Waals surface area contributed by atoms with E-state index >= 15 is 0 Å². The van der Waals surface area contributed by atoms with Gasteiger partial charge < -0.3 is 19.5 Å². The fourth-order valence-corrected chi connectivity index (χ4v) is 4.79. The van der Waals surface area contributed by atoms with Gasteiger partial charge in [0.05, 0.1) is 15.6 Å². The number of aryl methyl sites for hydroxylation is 1. The first-order valence-electron chi connectivity index (χ1n) is 10.4. The molecule has 1 fully saturated rings. The van der Waals surface area contributed by atoms with Gasteiger partial charge in [0.2, 0.25) is 0 Å². The molecule has 2 aromatic rings. The lowest BCUT2D eigenvalue weighted by molar-refractivity contribution is -0.123. The fourth-order valence-electron chi connectivity index (χ4n) is 3.15. The summed E-state index contributed by atoms with van der Waals surface area (Å²) in [5.41, 5.74) is 2.47. The summed E-state index contributed by atoms with van der Waals surface area (Å²) >= 11 is 2.99. The van der Waals surface area contributed by atoms with Crippen LogP contribution in [0.1, 0.15) is 17.5 Å². The van der Waals surface area contributed by atoms with Gasteiger partial charge in [0.1, 0.15) is 0 Å². The number of methoxy groups -OCH3 is 2. The maximum absolute atomic E-state index is 12.6. The first-order chi connectivity index (χ1) is 16.3. The van der Waals surface area contributed by atoms with Crippen LogP contribution in [0.2, 0.25) is 0 Å². The van der Waals surface area contributed by atoms with Gasteiger partial charge in [-0.25, -0.2) is 0 Å². The van der Waals surface area contributed by atoms with Crippen LogP contribution >= 0.6 is 34.4 Å². The normalized spacial score (nSPS) is 14.6. The molecule has 0 spiro atoms. The zero-order valence-corrected chi connectivity index (χ0v) is 22.0. The molecule has 180 valence electrons. The van der Waals surface area contributed by atoms with Crippen LogP contribution < -0.4 is 14.8 Å². The highest BCUT2D eigenvalue weighted by atomic mass is 127. The van der Waals surface area contributed by atoms with Gasteiger partial charge in [-0.15, -0.1) is 0 Å². The maximum atomic E-state index is 12.6. The number of nitrogens with one attached hydrogen (secondary N) is 1. The second-order valence-electron chi connectivity index (χ2n) is 7.42. The summed E-state index contributed by atoms with van der Waals surface area (Å²) < 4.78 is 16.9. The van der Waals surface area contributed by atoms with E-state index < -0.39 is 0 Å². The summed E-state index contributed by atoms with van der Waals surface area (Å²) in [4.78, 5) is 38.7. The summed E-state index contributed by atoms with van der Waals surface area (Å²) in [5.74, 6) is 0.216. The third-order valence-corrected chi connectivity index (χ3v) is 6.54. The number of nitrogens with zero attached hydrogens (tertiary/aromatic N) is 1. The molecule has 2 aromatic carbocycles. The summed E-state index contributed by atoms with van der Waals surface area (Å²) in [7, 11) is 3.07. The Morgan fingerprint density at radius 3 is 2.59 bits per heavy atom. The number of hydrogen-bond donors (Lipinski definition) is 1. The predicted octanol–water partition coefficient (Wildman–Crippen LogP) is 4.70. The maximum Gasteiger partial charge on any atom is 0.293 e. The standard InChI is InChI=1S/C24H25IN2O6S/c1-15-5-7-17(8-6-15)26-21(28)14-33-22-18(25)11-16(12-19(22)32-3)13-20-23(29)27(24(30)34-20)9-4-10-31-2/h5-8,11-13H,4,9-10,14H2,1-3H3,(H,26,28)/b20-13+. The Balaban J connectivity index is 1.69. The zero-order chi connectivity index (χ0) is 24.7. The Bertz CT molecular complexity index is 1100. The van der Waals surface area contributed by atoms with E-state index in [1.54, 1.807) is 25.3 Å². The largest absolute Gasteiger partial charge is 0.493 e. The van der Waals surface area contributed by atoms with E-state index in [1.807, 2.05) is 31.2 Å². The third-order valence-electron chi connectivity index (χ3n) is 4.84. The number of ether oxygens (including phenoxy) is 3. The van der Waals surface area contributed by atoms with Gasteiger partial charge in [0.25, 0.3) is 17.1 Å². The van der Waals surface area contributed by atoms with Crippen LogP contribution in [0, 0.1) is 10.5 Å². The quantitative estimate of drug-likeness (QED) is 0.242. The SMILES string of the molecule is COCCCN1C(=O)S/C(=C/c2cc(I)c(OCC(=O)Nc3ccc(C)cc3)c(OC)c2)C1=O. The van der Waals surface area contributed by atoms with Gasteiger partial charge in [-0.05, 0) is 83.6 Å². The van der Waals surface area contributed by atoms with E-state index in [9.17, 15) is 14.4 Å². The second kappa shape index (κ2) is 12.2. The molecule has 0 saturated carbocycles. The molecule has 1 N–H and O–H groups in total. The number of imide groups is 1. The molecule has 0 aliphatic carbocycles. The van der Waals surface area contributed by atoms with Crippen molar-refractivity contribution in [2.75, 3.05) is 39.3 Å². The molecular weight excluding hydrogens is 571 g/mol. The van der Waals surface area contributed by atoms with Gasteiger partial charge in [-0.1, -0.05) is 17.7 Å². The van der Waals surface area contributed by atoms with Crippen molar-refractivity contribution in [3.63, 3.8) is 0 Å². The van der Waals surface area contributed by atoms with E-state index in [4.69, 9.17) is 14.2 Å². The van der Waals surface area contributed by atoms with Crippen LogP contribution in [0.3, 0.4) is 0 Å². The average Bonchev–Trinajstić information content (AvgIpc) is 3.07. The lowest BCUT2D eigenvalue weighted by atomic mass is 10.2. The lowest BCUT2D eigenvalue weighted by Gasteiger charge is -2.14. The summed E-state index contributed by atoms with van der Waals surface area (Å²) in [6.07, 6.45) is 2.23. The van der Waals surface area contributed by atoms with Crippen molar-refractivity contribution in [3.8, 4) is 11.5 Å². The van der Waals surface area contributed by atoms with Crippen molar-refractivity contribution in [3.05, 3.63) is 56.0 Å². The van der Waals surface area contributed by atoms with Crippen LogP contribution in [0.15, 0.2) is 41.3 Å². The Morgan fingerprint density at radius 2 is 1.91 bits per heavy atom. The monoisotopic (exact) mass is 596 g/mol. The minimum atomic E-state index is -0.326. The molecule has 34 heavy (non-hydrogen) atoms. The van der Waals surface area contributed by atoms with E-state index in [2.05, 4.69) is 27.9 Å². The molecule has 0 unspecified atom stereocenters. The van der Waals surface area contributed by atoms with Gasteiger partial charge in [0, 0.05) is 25.9 Å². The molecule has 0 bridgehead atoms. The van der Waals surface area contributed by atoms with Crippen molar-refractivity contribution in [2.45, 2.75) is 13.3 Å². The molecule has 0 aromatic heterocycles. The number of hydrogen-bond acceptors (Lipinski definition) is 7. The Morgan fingerprint density at radius 1 is 1.18 bits per heavy atom. The van der Waals surface area contributed by atoms with Gasteiger partial charge >= 0.3 is 0 Å². The van der Waals surface area contributed by atoms with Gasteiger partial charge in [-0.3, -0.25) is 19.3 Å². The highest BCUT2D eigenvalue weighted by Crippen LogP contribution is 2.37. The molecule has 1 aliphatic heterocycles. The molecule has 0 atom stereocenters. The van der Waals surface area contributed by atoms with E-state index in [0.717, 1.165) is 17.3 Å². The van der Waals surface area contributed by atoms with Crippen molar-refractivity contribution >= 4 is 63.2 Å². The summed E-state index contributed by atoms with van der Waals surface area (Å²) in [5, 5.41) is 2.49. The summed E-state index contributed by atoms with van der Waals surface area (Å²) in [6, 6.07) is 11.0. The van der Waals surface area contributed by atoms with Crippen LogP contribution in [0.5, 0.6) is 11.5 Å². The van der Waals surface area contributed by atoms with Crippen molar-refractivity contribution in [1.29, 1.82) is 0 Å². The number of rotatable bonds is 10. The third kappa shape index (κ3) is 6.73. The molecule has 8 nitrogen and oxygen atoms in total. The molecule has 1 aliphatic rings. The van der Waals surface area contributed by atoms with Crippen LogP contribution in [0.4, 0.5) is 10.5 Å². The lowest BCUT2D eigenvalue weighted by Crippen LogP contribution is -2.29. The van der Waals surface area contributed by atoms with E-state index in [0.29, 0.717) is 50.8 Å². The Kier molecular flexibility index (Phi) is 9.36. The molecule has 1 heterocycles. The Hall–Kier alpha value is -2.57. The average molecular weight is 596 g/mol.